The van der Waals surface area contributed by atoms with Gasteiger partial charge in [-0.15, -0.1) is 0 Å². The lowest BCUT2D eigenvalue weighted by Gasteiger charge is -2.30. The Balaban J connectivity index is 1.65. The predicted molar refractivity (Wildman–Crippen MR) is 110 cm³/mol. The summed E-state index contributed by atoms with van der Waals surface area (Å²) in [5.74, 6) is -1.05. The van der Waals surface area contributed by atoms with Gasteiger partial charge in [0, 0.05) is 44.0 Å². The number of ether oxygens (including phenoxy) is 1. The van der Waals surface area contributed by atoms with Gasteiger partial charge in [0.25, 0.3) is 0 Å². The normalized spacial score (nSPS) is 15.7. The molecule has 0 radical (unpaired) electrons. The summed E-state index contributed by atoms with van der Waals surface area (Å²) in [4.78, 5) is 24.3. The second-order valence-corrected chi connectivity index (χ2v) is 9.27. The van der Waals surface area contributed by atoms with Crippen molar-refractivity contribution < 1.29 is 27.9 Å². The lowest BCUT2D eigenvalue weighted by atomic mass is 9.97. The fraction of sp³-hybridized carbons (Fsp3) is 0.400. The largest absolute Gasteiger partial charge is 0.508 e. The third kappa shape index (κ3) is 4.34. The number of aromatic nitrogens is 1. The molecule has 30 heavy (non-hydrogen) atoms. The standard InChI is InChI=1S/C20H25N3O6S/c1-13-4-5-15(10-18(13)24)21-19(25)14-6-8-23(9-7-14)30(27,28)16-11-17(20(26)29-3)22(2)12-16/h4-5,10-12,14,24H,6-9H2,1-3H3,(H,21,25). The van der Waals surface area contributed by atoms with Crippen molar-refractivity contribution in [3.8, 4) is 5.75 Å². The van der Waals surface area contributed by atoms with Gasteiger partial charge in [-0.2, -0.15) is 4.31 Å². The molecular weight excluding hydrogens is 410 g/mol. The average molecular weight is 436 g/mol. The molecule has 162 valence electrons. The first-order valence-corrected chi connectivity index (χ1v) is 10.9. The summed E-state index contributed by atoms with van der Waals surface area (Å²) in [6.07, 6.45) is 2.13. The van der Waals surface area contributed by atoms with Crippen molar-refractivity contribution in [3.63, 3.8) is 0 Å². The average Bonchev–Trinajstić information content (AvgIpc) is 3.12. The maximum atomic E-state index is 12.9. The molecule has 1 saturated heterocycles. The minimum atomic E-state index is -3.78. The second-order valence-electron chi connectivity index (χ2n) is 7.33. The number of hydrogen-bond acceptors (Lipinski definition) is 6. The summed E-state index contributed by atoms with van der Waals surface area (Å²) in [5.41, 5.74) is 1.35. The molecule has 1 amide bonds. The van der Waals surface area contributed by atoms with Gasteiger partial charge in [-0.05, 0) is 37.5 Å². The van der Waals surface area contributed by atoms with Crippen LogP contribution in [0.5, 0.6) is 5.75 Å². The Kier molecular flexibility index (Phi) is 6.18. The zero-order chi connectivity index (χ0) is 22.1. The Morgan fingerprint density at radius 2 is 1.87 bits per heavy atom. The molecule has 1 aromatic heterocycles. The zero-order valence-electron chi connectivity index (χ0n) is 17.1. The summed E-state index contributed by atoms with van der Waals surface area (Å²) in [7, 11) is -0.976. The number of amides is 1. The van der Waals surface area contributed by atoms with Crippen LogP contribution in [-0.4, -0.2) is 54.5 Å². The van der Waals surface area contributed by atoms with Gasteiger partial charge in [0.15, 0.2) is 0 Å². The fourth-order valence-corrected chi connectivity index (χ4v) is 4.96. The topological polar surface area (TPSA) is 118 Å². The Morgan fingerprint density at radius 3 is 2.47 bits per heavy atom. The van der Waals surface area contributed by atoms with E-state index in [-0.39, 0.29) is 41.3 Å². The molecule has 2 heterocycles. The third-order valence-electron chi connectivity index (χ3n) is 5.31. The minimum Gasteiger partial charge on any atom is -0.508 e. The van der Waals surface area contributed by atoms with Crippen molar-refractivity contribution in [2.75, 3.05) is 25.5 Å². The van der Waals surface area contributed by atoms with E-state index in [1.807, 2.05) is 0 Å². The molecule has 1 aromatic carbocycles. The van der Waals surface area contributed by atoms with E-state index in [1.54, 1.807) is 26.1 Å². The minimum absolute atomic E-state index is 0.0171. The number of aryl methyl sites for hydroxylation is 2. The summed E-state index contributed by atoms with van der Waals surface area (Å²) < 4.78 is 33.3. The van der Waals surface area contributed by atoms with E-state index in [4.69, 9.17) is 0 Å². The quantitative estimate of drug-likeness (QED) is 0.692. The number of rotatable bonds is 5. The van der Waals surface area contributed by atoms with Crippen molar-refractivity contribution >= 4 is 27.6 Å². The van der Waals surface area contributed by atoms with E-state index in [0.717, 1.165) is 0 Å². The lowest BCUT2D eigenvalue weighted by Crippen LogP contribution is -2.41. The number of methoxy groups -OCH3 is 1. The maximum Gasteiger partial charge on any atom is 0.354 e. The predicted octanol–water partition coefficient (Wildman–Crippen LogP) is 1.87. The molecule has 0 spiro atoms. The summed E-state index contributed by atoms with van der Waals surface area (Å²) in [5, 5.41) is 12.5. The number of benzene rings is 1. The van der Waals surface area contributed by atoms with Gasteiger partial charge in [0.2, 0.25) is 15.9 Å². The second kappa shape index (κ2) is 8.49. The van der Waals surface area contributed by atoms with Gasteiger partial charge >= 0.3 is 5.97 Å². The SMILES string of the molecule is COC(=O)c1cc(S(=O)(=O)N2CCC(C(=O)Nc3ccc(C)c(O)c3)CC2)cn1C. The van der Waals surface area contributed by atoms with Gasteiger partial charge in [-0.3, -0.25) is 4.79 Å². The van der Waals surface area contributed by atoms with Crippen molar-refractivity contribution in [2.24, 2.45) is 13.0 Å². The van der Waals surface area contributed by atoms with E-state index in [0.29, 0.717) is 24.1 Å². The number of anilines is 1. The molecule has 1 aliphatic heterocycles. The first-order chi connectivity index (χ1) is 14.1. The number of sulfonamides is 1. The highest BCUT2D eigenvalue weighted by Crippen LogP contribution is 2.27. The smallest absolute Gasteiger partial charge is 0.354 e. The number of hydrogen-bond donors (Lipinski definition) is 2. The Bertz CT molecular complexity index is 1070. The molecule has 9 nitrogen and oxygen atoms in total. The molecule has 10 heteroatoms. The van der Waals surface area contributed by atoms with E-state index in [2.05, 4.69) is 10.1 Å². The number of phenolic OH excluding ortho intramolecular Hbond substituents is 1. The van der Waals surface area contributed by atoms with Crippen LogP contribution in [0.25, 0.3) is 0 Å². The molecule has 1 aliphatic rings. The molecule has 0 bridgehead atoms. The van der Waals surface area contributed by atoms with Crippen LogP contribution in [0.3, 0.4) is 0 Å². The highest BCUT2D eigenvalue weighted by molar-refractivity contribution is 7.89. The van der Waals surface area contributed by atoms with Crippen LogP contribution in [0.1, 0.15) is 28.9 Å². The van der Waals surface area contributed by atoms with Gasteiger partial charge in [0.1, 0.15) is 16.3 Å². The van der Waals surface area contributed by atoms with Crippen LogP contribution >= 0.6 is 0 Å². The van der Waals surface area contributed by atoms with E-state index < -0.39 is 16.0 Å². The van der Waals surface area contributed by atoms with E-state index >= 15 is 0 Å². The lowest BCUT2D eigenvalue weighted by molar-refractivity contribution is -0.120. The van der Waals surface area contributed by atoms with Crippen LogP contribution in [0.2, 0.25) is 0 Å². The summed E-state index contributed by atoms with van der Waals surface area (Å²) in [6.45, 7) is 2.15. The number of esters is 1. The number of piperidine rings is 1. The number of carbonyl (C=O) groups excluding carboxylic acids is 2. The Labute approximate surface area is 175 Å². The molecule has 1 fully saturated rings. The van der Waals surface area contributed by atoms with E-state index in [9.17, 15) is 23.1 Å². The van der Waals surface area contributed by atoms with Crippen molar-refractivity contribution in [2.45, 2.75) is 24.7 Å². The van der Waals surface area contributed by atoms with Crippen molar-refractivity contribution in [1.82, 2.24) is 8.87 Å². The molecule has 2 aromatic rings. The number of nitrogens with zero attached hydrogens (tertiary/aromatic N) is 2. The molecule has 0 aliphatic carbocycles. The highest BCUT2D eigenvalue weighted by atomic mass is 32.2. The third-order valence-corrected chi connectivity index (χ3v) is 7.18. The van der Waals surface area contributed by atoms with Crippen molar-refractivity contribution in [3.05, 3.63) is 41.7 Å². The van der Waals surface area contributed by atoms with Crippen LogP contribution in [0.4, 0.5) is 5.69 Å². The molecule has 3 rings (SSSR count). The number of aromatic hydroxyl groups is 1. The van der Waals surface area contributed by atoms with E-state index in [1.165, 1.54) is 34.3 Å². The Morgan fingerprint density at radius 1 is 1.20 bits per heavy atom. The zero-order valence-corrected chi connectivity index (χ0v) is 17.9. The molecular formula is C20H25N3O6S. The monoisotopic (exact) mass is 435 g/mol. The molecule has 0 unspecified atom stereocenters. The van der Waals surface area contributed by atoms with Crippen LogP contribution in [0.15, 0.2) is 35.4 Å². The van der Waals surface area contributed by atoms with Gasteiger partial charge in [-0.25, -0.2) is 13.2 Å². The van der Waals surface area contributed by atoms with Crippen LogP contribution in [0, 0.1) is 12.8 Å². The first kappa shape index (κ1) is 21.8. The van der Waals surface area contributed by atoms with Crippen molar-refractivity contribution in [1.29, 1.82) is 0 Å². The van der Waals surface area contributed by atoms with Crippen LogP contribution in [-0.2, 0) is 26.6 Å². The summed E-state index contributed by atoms with van der Waals surface area (Å²) >= 11 is 0. The van der Waals surface area contributed by atoms with Gasteiger partial charge < -0.3 is 19.7 Å². The number of carbonyl (C=O) groups is 2. The number of phenols is 1. The maximum absolute atomic E-state index is 12.9. The molecule has 0 saturated carbocycles. The number of nitrogens with one attached hydrogen (secondary N) is 1. The fourth-order valence-electron chi connectivity index (χ4n) is 3.42. The molecule has 0 atom stereocenters. The van der Waals surface area contributed by atoms with Gasteiger partial charge in [-0.1, -0.05) is 6.07 Å². The summed E-state index contributed by atoms with van der Waals surface area (Å²) in [6, 6.07) is 6.20. The first-order valence-electron chi connectivity index (χ1n) is 9.48. The van der Waals surface area contributed by atoms with Crippen LogP contribution < -0.4 is 5.32 Å². The Hall–Kier alpha value is -2.85. The highest BCUT2D eigenvalue weighted by Gasteiger charge is 2.33. The van der Waals surface area contributed by atoms with Gasteiger partial charge in [0.05, 0.1) is 7.11 Å². The molecule has 2 N–H and O–H groups in total.